The summed E-state index contributed by atoms with van der Waals surface area (Å²) in [7, 11) is 0. The maximum Gasteiger partial charge on any atom is 0.344 e. The van der Waals surface area contributed by atoms with Crippen molar-refractivity contribution < 1.29 is 9.15 Å². The number of rotatable bonds is 4. The van der Waals surface area contributed by atoms with Gasteiger partial charge in [0.2, 0.25) is 0 Å². The Bertz CT molecular complexity index is 1050. The minimum atomic E-state index is -0.348. The number of hydrogen-bond donors (Lipinski definition) is 0. The van der Waals surface area contributed by atoms with Gasteiger partial charge in [-0.1, -0.05) is 60.7 Å². The highest BCUT2D eigenvalue weighted by Gasteiger charge is 2.08. The van der Waals surface area contributed by atoms with Crippen molar-refractivity contribution >= 4 is 11.0 Å². The van der Waals surface area contributed by atoms with Gasteiger partial charge < -0.3 is 9.15 Å². The van der Waals surface area contributed by atoms with Crippen molar-refractivity contribution in [1.29, 1.82) is 0 Å². The Morgan fingerprint density at radius 1 is 0.800 bits per heavy atom. The molecule has 0 amide bonds. The quantitative estimate of drug-likeness (QED) is 0.493. The predicted octanol–water partition coefficient (Wildman–Crippen LogP) is 5.04. The van der Waals surface area contributed by atoms with Crippen molar-refractivity contribution in [3.8, 4) is 16.9 Å². The summed E-state index contributed by atoms with van der Waals surface area (Å²) in [6.45, 7) is 0.471. The Balaban J connectivity index is 1.64. The zero-order chi connectivity index (χ0) is 17.1. The minimum Gasteiger partial charge on any atom is -0.489 e. The molecule has 0 fully saturated rings. The lowest BCUT2D eigenvalue weighted by Crippen LogP contribution is -2.02. The highest BCUT2D eigenvalue weighted by Crippen LogP contribution is 2.24. The topological polar surface area (TPSA) is 39.4 Å². The van der Waals surface area contributed by atoms with Gasteiger partial charge in [-0.15, -0.1) is 0 Å². The summed E-state index contributed by atoms with van der Waals surface area (Å²) in [5.41, 5.74) is 2.67. The standard InChI is InChI=1S/C22H16O3/c23-22-20(17-9-5-2-6-10-17)13-18-11-12-19(14-21(18)25-22)24-15-16-7-3-1-4-8-16/h1-14H,15H2. The molecule has 4 aromatic rings. The molecule has 0 saturated carbocycles. The summed E-state index contributed by atoms with van der Waals surface area (Å²) in [6, 6.07) is 26.9. The van der Waals surface area contributed by atoms with Gasteiger partial charge in [-0.25, -0.2) is 4.79 Å². The number of hydrogen-bond acceptors (Lipinski definition) is 3. The summed E-state index contributed by atoms with van der Waals surface area (Å²) in [6.07, 6.45) is 0. The van der Waals surface area contributed by atoms with Crippen LogP contribution >= 0.6 is 0 Å². The van der Waals surface area contributed by atoms with Crippen molar-refractivity contribution in [3.63, 3.8) is 0 Å². The zero-order valence-electron chi connectivity index (χ0n) is 13.5. The molecule has 122 valence electrons. The summed E-state index contributed by atoms with van der Waals surface area (Å²) in [4.78, 5) is 12.3. The van der Waals surface area contributed by atoms with Crippen LogP contribution in [0, 0.1) is 0 Å². The largest absolute Gasteiger partial charge is 0.489 e. The fourth-order valence-corrected chi connectivity index (χ4v) is 2.74. The third-order valence-corrected chi connectivity index (χ3v) is 4.04. The van der Waals surface area contributed by atoms with E-state index in [1.807, 2.05) is 78.9 Å². The first kappa shape index (κ1) is 15.2. The average Bonchev–Trinajstić information content (AvgIpc) is 2.67. The Morgan fingerprint density at radius 3 is 2.28 bits per heavy atom. The molecule has 0 aliphatic heterocycles. The molecule has 0 saturated heterocycles. The van der Waals surface area contributed by atoms with Crippen molar-refractivity contribution in [2.75, 3.05) is 0 Å². The second kappa shape index (κ2) is 6.65. The first-order valence-electron chi connectivity index (χ1n) is 8.10. The van der Waals surface area contributed by atoms with Gasteiger partial charge in [0, 0.05) is 11.5 Å². The highest BCUT2D eigenvalue weighted by atomic mass is 16.5. The van der Waals surface area contributed by atoms with E-state index in [1.165, 1.54) is 0 Å². The van der Waals surface area contributed by atoms with Crippen LogP contribution < -0.4 is 10.4 Å². The smallest absolute Gasteiger partial charge is 0.344 e. The molecule has 0 N–H and O–H groups in total. The Kier molecular flexibility index (Phi) is 4.05. The molecule has 0 spiro atoms. The lowest BCUT2D eigenvalue weighted by molar-refractivity contribution is 0.306. The van der Waals surface area contributed by atoms with Crippen molar-refractivity contribution in [2.45, 2.75) is 6.61 Å². The fourth-order valence-electron chi connectivity index (χ4n) is 2.74. The second-order valence-corrected chi connectivity index (χ2v) is 5.79. The summed E-state index contributed by atoms with van der Waals surface area (Å²) in [5.74, 6) is 0.673. The van der Waals surface area contributed by atoms with Crippen LogP contribution in [0.1, 0.15) is 5.56 Å². The van der Waals surface area contributed by atoms with Gasteiger partial charge in [0.1, 0.15) is 17.9 Å². The third-order valence-electron chi connectivity index (χ3n) is 4.04. The summed E-state index contributed by atoms with van der Waals surface area (Å²) in [5, 5.41) is 0.866. The molecule has 1 aromatic heterocycles. The lowest BCUT2D eigenvalue weighted by atomic mass is 10.1. The Hall–Kier alpha value is -3.33. The van der Waals surface area contributed by atoms with Gasteiger partial charge in [0.25, 0.3) is 0 Å². The lowest BCUT2D eigenvalue weighted by Gasteiger charge is -2.08. The van der Waals surface area contributed by atoms with Gasteiger partial charge in [-0.3, -0.25) is 0 Å². The monoisotopic (exact) mass is 328 g/mol. The van der Waals surface area contributed by atoms with Gasteiger partial charge >= 0.3 is 5.63 Å². The number of benzene rings is 3. The molecule has 3 aromatic carbocycles. The molecule has 0 unspecified atom stereocenters. The van der Waals surface area contributed by atoms with Crippen LogP contribution in [0.3, 0.4) is 0 Å². The van der Waals surface area contributed by atoms with E-state index in [4.69, 9.17) is 9.15 Å². The van der Waals surface area contributed by atoms with Crippen molar-refractivity contribution in [3.05, 3.63) is 101 Å². The molecule has 3 heteroatoms. The molecule has 0 aliphatic carbocycles. The molecular weight excluding hydrogens is 312 g/mol. The van der Waals surface area contributed by atoms with Crippen LogP contribution in [0.2, 0.25) is 0 Å². The number of fused-ring (bicyclic) bond motifs is 1. The van der Waals surface area contributed by atoms with Crippen LogP contribution in [0.5, 0.6) is 5.75 Å². The normalized spacial score (nSPS) is 10.7. The van der Waals surface area contributed by atoms with Gasteiger partial charge in [-0.05, 0) is 29.3 Å². The van der Waals surface area contributed by atoms with Crippen LogP contribution in [0.4, 0.5) is 0 Å². The summed E-state index contributed by atoms with van der Waals surface area (Å²) >= 11 is 0. The molecule has 0 bridgehead atoms. The Labute approximate surface area is 145 Å². The van der Waals surface area contributed by atoms with E-state index in [-0.39, 0.29) is 5.63 Å². The number of ether oxygens (including phenoxy) is 1. The predicted molar refractivity (Wildman–Crippen MR) is 98.7 cm³/mol. The highest BCUT2D eigenvalue weighted by molar-refractivity contribution is 5.82. The van der Waals surface area contributed by atoms with Gasteiger partial charge in [0.05, 0.1) is 5.56 Å². The van der Waals surface area contributed by atoms with E-state index in [0.29, 0.717) is 23.5 Å². The summed E-state index contributed by atoms with van der Waals surface area (Å²) < 4.78 is 11.3. The van der Waals surface area contributed by atoms with Gasteiger partial charge in [-0.2, -0.15) is 0 Å². The Morgan fingerprint density at radius 2 is 1.52 bits per heavy atom. The molecular formula is C22H16O3. The molecule has 3 nitrogen and oxygen atoms in total. The average molecular weight is 328 g/mol. The zero-order valence-corrected chi connectivity index (χ0v) is 13.5. The molecule has 0 aliphatic rings. The van der Waals surface area contributed by atoms with E-state index >= 15 is 0 Å². The first-order valence-corrected chi connectivity index (χ1v) is 8.10. The van der Waals surface area contributed by atoms with E-state index in [1.54, 1.807) is 6.07 Å². The maximum atomic E-state index is 12.3. The van der Waals surface area contributed by atoms with Crippen LogP contribution in [-0.4, -0.2) is 0 Å². The second-order valence-electron chi connectivity index (χ2n) is 5.79. The van der Waals surface area contributed by atoms with Gasteiger partial charge in [0.15, 0.2) is 0 Å². The van der Waals surface area contributed by atoms with E-state index in [2.05, 4.69) is 0 Å². The SMILES string of the molecule is O=c1oc2cc(OCc3ccccc3)ccc2cc1-c1ccccc1. The molecule has 25 heavy (non-hydrogen) atoms. The van der Waals surface area contributed by atoms with E-state index in [9.17, 15) is 4.79 Å². The molecule has 0 radical (unpaired) electrons. The van der Waals surface area contributed by atoms with E-state index < -0.39 is 0 Å². The van der Waals surface area contributed by atoms with Crippen LogP contribution in [0.25, 0.3) is 22.1 Å². The molecule has 1 heterocycles. The first-order chi connectivity index (χ1) is 12.3. The van der Waals surface area contributed by atoms with Crippen LogP contribution in [-0.2, 0) is 6.61 Å². The molecule has 4 rings (SSSR count). The van der Waals surface area contributed by atoms with Crippen molar-refractivity contribution in [1.82, 2.24) is 0 Å². The fraction of sp³-hybridized carbons (Fsp3) is 0.0455. The van der Waals surface area contributed by atoms with Crippen LogP contribution in [0.15, 0.2) is 94.1 Å². The van der Waals surface area contributed by atoms with Crippen molar-refractivity contribution in [2.24, 2.45) is 0 Å². The molecule has 0 atom stereocenters. The maximum absolute atomic E-state index is 12.3. The van der Waals surface area contributed by atoms with E-state index in [0.717, 1.165) is 16.5 Å². The third kappa shape index (κ3) is 3.31. The minimum absolute atomic E-state index is 0.348.